The highest BCUT2D eigenvalue weighted by molar-refractivity contribution is 5.29. The number of allylic oxidation sites excluding steroid dienone is 4. The Bertz CT molecular complexity index is 401. The summed E-state index contributed by atoms with van der Waals surface area (Å²) in [7, 11) is 0. The van der Waals surface area contributed by atoms with Gasteiger partial charge >= 0.3 is 0 Å². The van der Waals surface area contributed by atoms with E-state index in [0.717, 1.165) is 6.42 Å². The standard InChI is InChI=1S/C17H24/c1-6-7-13(2)8-14(3)10-17-11-15(4)9-16(5)12-17/h6-9,11-12,14H,10H2,1-5H3/b7-6-,13-8-. The van der Waals surface area contributed by atoms with Crippen molar-refractivity contribution in [3.05, 3.63) is 58.7 Å². The lowest BCUT2D eigenvalue weighted by Crippen LogP contribution is -1.98. The van der Waals surface area contributed by atoms with Crippen LogP contribution in [-0.4, -0.2) is 0 Å². The topological polar surface area (TPSA) is 0 Å². The molecule has 0 radical (unpaired) electrons. The molecule has 0 fully saturated rings. The average Bonchev–Trinajstić information content (AvgIpc) is 2.14. The molecule has 1 aromatic carbocycles. The minimum atomic E-state index is 0.590. The normalized spacial score (nSPS) is 14.3. The van der Waals surface area contributed by atoms with E-state index in [-0.39, 0.29) is 0 Å². The molecule has 1 unspecified atom stereocenters. The van der Waals surface area contributed by atoms with Crippen molar-refractivity contribution >= 4 is 0 Å². The van der Waals surface area contributed by atoms with E-state index in [0.29, 0.717) is 5.92 Å². The Hall–Kier alpha value is -1.30. The van der Waals surface area contributed by atoms with Gasteiger partial charge in [0.2, 0.25) is 0 Å². The molecule has 0 saturated heterocycles. The molecule has 1 rings (SSSR count). The second-order valence-electron chi connectivity index (χ2n) is 5.09. The van der Waals surface area contributed by atoms with Gasteiger partial charge in [0.15, 0.2) is 0 Å². The third-order valence-corrected chi connectivity index (χ3v) is 2.82. The summed E-state index contributed by atoms with van der Waals surface area (Å²) in [6.45, 7) is 10.8. The Labute approximate surface area is 106 Å². The third kappa shape index (κ3) is 5.04. The van der Waals surface area contributed by atoms with Gasteiger partial charge in [0.25, 0.3) is 0 Å². The van der Waals surface area contributed by atoms with Crippen LogP contribution in [0.3, 0.4) is 0 Å². The van der Waals surface area contributed by atoms with Crippen LogP contribution in [0.25, 0.3) is 0 Å². The number of benzene rings is 1. The van der Waals surface area contributed by atoms with Crippen LogP contribution in [0.5, 0.6) is 0 Å². The van der Waals surface area contributed by atoms with Crippen molar-refractivity contribution in [2.24, 2.45) is 5.92 Å². The lowest BCUT2D eigenvalue weighted by molar-refractivity contribution is 0.718. The maximum absolute atomic E-state index is 2.34. The minimum absolute atomic E-state index is 0.590. The van der Waals surface area contributed by atoms with Crippen molar-refractivity contribution in [2.75, 3.05) is 0 Å². The fraction of sp³-hybridized carbons (Fsp3) is 0.412. The third-order valence-electron chi connectivity index (χ3n) is 2.82. The number of hydrogen-bond donors (Lipinski definition) is 0. The van der Waals surface area contributed by atoms with Gasteiger partial charge in [-0.3, -0.25) is 0 Å². The van der Waals surface area contributed by atoms with Crippen molar-refractivity contribution in [1.29, 1.82) is 0 Å². The monoisotopic (exact) mass is 228 g/mol. The van der Waals surface area contributed by atoms with Gasteiger partial charge in [-0.2, -0.15) is 0 Å². The molecule has 0 amide bonds. The molecule has 0 saturated carbocycles. The SMILES string of the molecule is C/C=C\C(C)=C/C(C)Cc1cc(C)cc(C)c1. The fourth-order valence-corrected chi connectivity index (χ4v) is 2.38. The summed E-state index contributed by atoms with van der Waals surface area (Å²) in [6.07, 6.45) is 7.72. The van der Waals surface area contributed by atoms with Gasteiger partial charge in [-0.1, -0.05) is 60.1 Å². The minimum Gasteiger partial charge on any atom is -0.0874 e. The highest BCUT2D eigenvalue weighted by Crippen LogP contribution is 2.15. The summed E-state index contributed by atoms with van der Waals surface area (Å²) in [5, 5.41) is 0. The van der Waals surface area contributed by atoms with E-state index in [9.17, 15) is 0 Å². The fourth-order valence-electron chi connectivity index (χ4n) is 2.38. The quantitative estimate of drug-likeness (QED) is 0.636. The number of aryl methyl sites for hydroxylation is 2. The predicted molar refractivity (Wildman–Crippen MR) is 77.4 cm³/mol. The largest absolute Gasteiger partial charge is 0.0874 e. The zero-order chi connectivity index (χ0) is 12.8. The van der Waals surface area contributed by atoms with Crippen LogP contribution >= 0.6 is 0 Å². The maximum Gasteiger partial charge on any atom is -0.0216 e. The van der Waals surface area contributed by atoms with Crippen LogP contribution in [0.15, 0.2) is 42.0 Å². The zero-order valence-electron chi connectivity index (χ0n) is 11.7. The number of rotatable bonds is 4. The molecule has 1 aromatic rings. The summed E-state index contributed by atoms with van der Waals surface area (Å²) >= 11 is 0. The summed E-state index contributed by atoms with van der Waals surface area (Å²) < 4.78 is 0. The first-order chi connectivity index (χ1) is 8.01. The molecule has 0 aromatic heterocycles. The highest BCUT2D eigenvalue weighted by Gasteiger charge is 2.02. The molecule has 0 spiro atoms. The van der Waals surface area contributed by atoms with Crippen LogP contribution < -0.4 is 0 Å². The Kier molecular flexibility index (Phi) is 5.21. The maximum atomic E-state index is 2.34. The van der Waals surface area contributed by atoms with Gasteiger partial charge in [-0.05, 0) is 45.6 Å². The smallest absolute Gasteiger partial charge is 0.0216 e. The molecule has 0 aliphatic heterocycles. The Morgan fingerprint density at radius 1 is 1.18 bits per heavy atom. The lowest BCUT2D eigenvalue weighted by atomic mass is 9.96. The molecule has 0 N–H and O–H groups in total. The molecule has 0 nitrogen and oxygen atoms in total. The summed E-state index contributed by atoms with van der Waals surface area (Å²) in [5.41, 5.74) is 5.52. The molecule has 0 aliphatic rings. The van der Waals surface area contributed by atoms with E-state index in [1.54, 1.807) is 0 Å². The predicted octanol–water partition coefficient (Wildman–Crippen LogP) is 5.00. The summed E-state index contributed by atoms with van der Waals surface area (Å²) in [4.78, 5) is 0. The van der Waals surface area contributed by atoms with Gasteiger partial charge in [0, 0.05) is 0 Å². The van der Waals surface area contributed by atoms with E-state index in [1.165, 1.54) is 22.3 Å². The second-order valence-corrected chi connectivity index (χ2v) is 5.09. The van der Waals surface area contributed by atoms with Gasteiger partial charge in [0.05, 0.1) is 0 Å². The molecule has 17 heavy (non-hydrogen) atoms. The Morgan fingerprint density at radius 2 is 1.76 bits per heavy atom. The Morgan fingerprint density at radius 3 is 2.29 bits per heavy atom. The first-order valence-corrected chi connectivity index (χ1v) is 6.39. The van der Waals surface area contributed by atoms with E-state index in [1.807, 2.05) is 0 Å². The molecule has 1 atom stereocenters. The molecule has 92 valence electrons. The average molecular weight is 228 g/mol. The molecule has 0 heterocycles. The van der Waals surface area contributed by atoms with Crippen molar-refractivity contribution in [3.8, 4) is 0 Å². The molecule has 0 bridgehead atoms. The molecule has 0 aliphatic carbocycles. The lowest BCUT2D eigenvalue weighted by Gasteiger charge is -2.09. The van der Waals surface area contributed by atoms with Crippen LogP contribution in [0.1, 0.15) is 37.5 Å². The zero-order valence-corrected chi connectivity index (χ0v) is 11.7. The van der Waals surface area contributed by atoms with Crippen LogP contribution in [0.2, 0.25) is 0 Å². The first-order valence-electron chi connectivity index (χ1n) is 6.39. The Balaban J connectivity index is 2.74. The van der Waals surface area contributed by atoms with E-state index in [4.69, 9.17) is 0 Å². The van der Waals surface area contributed by atoms with E-state index < -0.39 is 0 Å². The van der Waals surface area contributed by atoms with Crippen molar-refractivity contribution in [2.45, 2.75) is 41.0 Å². The molecule has 0 heteroatoms. The van der Waals surface area contributed by atoms with Gasteiger partial charge < -0.3 is 0 Å². The van der Waals surface area contributed by atoms with E-state index in [2.05, 4.69) is 71.0 Å². The van der Waals surface area contributed by atoms with Crippen LogP contribution in [-0.2, 0) is 6.42 Å². The molecular formula is C17H24. The van der Waals surface area contributed by atoms with Gasteiger partial charge in [0.1, 0.15) is 0 Å². The second kappa shape index (κ2) is 6.44. The van der Waals surface area contributed by atoms with Gasteiger partial charge in [-0.15, -0.1) is 0 Å². The van der Waals surface area contributed by atoms with Crippen molar-refractivity contribution < 1.29 is 0 Å². The summed E-state index contributed by atoms with van der Waals surface area (Å²) in [6, 6.07) is 6.82. The number of hydrogen-bond acceptors (Lipinski definition) is 0. The van der Waals surface area contributed by atoms with Gasteiger partial charge in [-0.25, -0.2) is 0 Å². The summed E-state index contributed by atoms with van der Waals surface area (Å²) in [5.74, 6) is 0.590. The molecular weight excluding hydrogens is 204 g/mol. The first kappa shape index (κ1) is 13.8. The highest BCUT2D eigenvalue weighted by atomic mass is 14.1. The van der Waals surface area contributed by atoms with Crippen molar-refractivity contribution in [1.82, 2.24) is 0 Å². The van der Waals surface area contributed by atoms with Crippen LogP contribution in [0.4, 0.5) is 0 Å². The van der Waals surface area contributed by atoms with Crippen molar-refractivity contribution in [3.63, 3.8) is 0 Å². The van der Waals surface area contributed by atoms with E-state index >= 15 is 0 Å². The van der Waals surface area contributed by atoms with Crippen LogP contribution in [0, 0.1) is 19.8 Å².